The van der Waals surface area contributed by atoms with Crippen molar-refractivity contribution in [2.75, 3.05) is 0 Å². The molecular formula is C7H7BF6N-. The lowest BCUT2D eigenvalue weighted by Gasteiger charge is -2.26. The fraction of sp³-hybridized carbons (Fsp3) is 0.429. The number of aromatic nitrogens is 1. The van der Waals surface area contributed by atoms with Gasteiger partial charge in [-0.3, -0.25) is 0 Å². The van der Waals surface area contributed by atoms with Gasteiger partial charge < -0.3 is 17.5 Å². The van der Waals surface area contributed by atoms with Crippen LogP contribution in [0.25, 0.3) is 0 Å². The van der Waals surface area contributed by atoms with E-state index in [0.29, 0.717) is 4.57 Å². The highest BCUT2D eigenvalue weighted by Gasteiger charge is 2.44. The fourth-order valence-electron chi connectivity index (χ4n) is 1.23. The average molecular weight is 230 g/mol. The summed E-state index contributed by atoms with van der Waals surface area (Å²) in [5.41, 5.74) is 0. The van der Waals surface area contributed by atoms with Gasteiger partial charge in [-0.05, 0) is 12.1 Å². The molecule has 0 N–H and O–H groups in total. The maximum Gasteiger partial charge on any atom is 0.480 e. The Kier molecular flexibility index (Phi) is 3.06. The van der Waals surface area contributed by atoms with Crippen LogP contribution in [0.4, 0.5) is 26.1 Å². The van der Waals surface area contributed by atoms with Gasteiger partial charge in [-0.2, -0.15) is 13.2 Å². The number of hydrogen-bond acceptors (Lipinski definition) is 0. The second kappa shape index (κ2) is 3.82. The van der Waals surface area contributed by atoms with Crippen LogP contribution in [0.1, 0.15) is 6.04 Å². The summed E-state index contributed by atoms with van der Waals surface area (Å²) in [5.74, 6) is 0. The monoisotopic (exact) mass is 230 g/mol. The normalized spacial score (nSPS) is 15.3. The third-order valence-electron chi connectivity index (χ3n) is 1.86. The zero-order chi connectivity index (χ0) is 11.7. The Morgan fingerprint density at radius 2 is 1.53 bits per heavy atom. The van der Waals surface area contributed by atoms with E-state index >= 15 is 0 Å². The molecule has 86 valence electrons. The number of alkyl halides is 3. The van der Waals surface area contributed by atoms with Gasteiger partial charge in [0.25, 0.3) is 0 Å². The van der Waals surface area contributed by atoms with Crippen molar-refractivity contribution in [3.05, 3.63) is 24.5 Å². The van der Waals surface area contributed by atoms with E-state index in [-0.39, 0.29) is 0 Å². The minimum atomic E-state index is -5.47. The van der Waals surface area contributed by atoms with Crippen molar-refractivity contribution in [3.8, 4) is 0 Å². The lowest BCUT2D eigenvalue weighted by atomic mass is 9.81. The predicted octanol–water partition coefficient (Wildman–Crippen LogP) is 3.44. The highest BCUT2D eigenvalue weighted by atomic mass is 19.4. The Morgan fingerprint density at radius 3 is 1.87 bits per heavy atom. The quantitative estimate of drug-likeness (QED) is 0.553. The van der Waals surface area contributed by atoms with Gasteiger partial charge in [0.2, 0.25) is 0 Å². The van der Waals surface area contributed by atoms with Crippen molar-refractivity contribution in [2.45, 2.75) is 18.5 Å². The molecular weight excluding hydrogens is 223 g/mol. The summed E-state index contributed by atoms with van der Waals surface area (Å²) in [6.07, 6.45) is -4.80. The van der Waals surface area contributed by atoms with Gasteiger partial charge in [-0.15, -0.1) is 0 Å². The van der Waals surface area contributed by atoms with Crippen LogP contribution in [0.3, 0.4) is 0 Å². The van der Waals surface area contributed by atoms with Crippen LogP contribution in [0.5, 0.6) is 0 Å². The molecule has 0 saturated carbocycles. The molecule has 0 aliphatic carbocycles. The first kappa shape index (κ1) is 12.0. The molecule has 0 aromatic carbocycles. The van der Waals surface area contributed by atoms with Crippen molar-refractivity contribution < 1.29 is 26.1 Å². The van der Waals surface area contributed by atoms with E-state index in [4.69, 9.17) is 0 Å². The summed E-state index contributed by atoms with van der Waals surface area (Å²) in [6, 6.07) is -0.0166. The molecule has 1 unspecified atom stereocenters. The summed E-state index contributed by atoms with van der Waals surface area (Å²) in [4.78, 5) is 0. The van der Waals surface area contributed by atoms with Crippen LogP contribution >= 0.6 is 0 Å². The Labute approximate surface area is 81.7 Å². The predicted molar refractivity (Wildman–Crippen MR) is 43.4 cm³/mol. The van der Waals surface area contributed by atoms with Crippen LogP contribution in [-0.2, 0) is 0 Å². The highest BCUT2D eigenvalue weighted by molar-refractivity contribution is 6.58. The largest absolute Gasteiger partial charge is 0.480 e. The summed E-state index contributed by atoms with van der Waals surface area (Å²) in [7, 11) is 0. The molecule has 1 nitrogen and oxygen atoms in total. The minimum Gasteiger partial charge on any atom is -0.449 e. The molecule has 1 aromatic heterocycles. The second-order valence-corrected chi connectivity index (χ2v) is 3.13. The number of nitrogens with zero attached hydrogens (tertiary/aromatic N) is 1. The van der Waals surface area contributed by atoms with Crippen LogP contribution in [0.15, 0.2) is 24.5 Å². The Hall–Kier alpha value is -1.08. The molecule has 0 saturated heterocycles. The molecule has 1 atom stereocenters. The Balaban J connectivity index is 2.90. The highest BCUT2D eigenvalue weighted by Crippen LogP contribution is 2.37. The van der Waals surface area contributed by atoms with E-state index in [1.807, 2.05) is 0 Å². The Bertz CT molecular complexity index is 300. The van der Waals surface area contributed by atoms with Crippen molar-refractivity contribution in [1.82, 2.24) is 4.57 Å². The van der Waals surface area contributed by atoms with Crippen molar-refractivity contribution in [1.29, 1.82) is 0 Å². The van der Waals surface area contributed by atoms with Gasteiger partial charge in [0.05, 0.1) is 0 Å². The van der Waals surface area contributed by atoms with Gasteiger partial charge in [0.1, 0.15) is 6.04 Å². The van der Waals surface area contributed by atoms with Gasteiger partial charge in [0, 0.05) is 12.4 Å². The molecule has 0 fully saturated rings. The van der Waals surface area contributed by atoms with E-state index in [0.717, 1.165) is 12.4 Å². The average Bonchev–Trinajstić information content (AvgIpc) is 2.47. The van der Waals surface area contributed by atoms with Gasteiger partial charge in [0.15, 0.2) is 0 Å². The molecule has 15 heavy (non-hydrogen) atoms. The summed E-state index contributed by atoms with van der Waals surface area (Å²) in [5, 5.41) is 0. The first-order valence-electron chi connectivity index (χ1n) is 4.10. The van der Waals surface area contributed by atoms with E-state index in [1.165, 1.54) is 12.1 Å². The lowest BCUT2D eigenvalue weighted by Crippen LogP contribution is -2.32. The molecule has 0 amide bonds. The van der Waals surface area contributed by atoms with Crippen LogP contribution < -0.4 is 0 Å². The summed E-state index contributed by atoms with van der Waals surface area (Å²) in [6.45, 7) is -5.47. The zero-order valence-corrected chi connectivity index (χ0v) is 7.39. The number of hydrogen-bond donors (Lipinski definition) is 0. The zero-order valence-electron chi connectivity index (χ0n) is 7.39. The standard InChI is InChI=1S/C7H7BF6N/c9-7(10,11)6(5-8(12,13)14)15-3-1-2-4-15/h1-4,6H,5H2/q-1. The first-order chi connectivity index (χ1) is 6.70. The molecule has 0 aliphatic rings. The van der Waals surface area contributed by atoms with Crippen LogP contribution in [0.2, 0.25) is 6.32 Å². The fourth-order valence-corrected chi connectivity index (χ4v) is 1.23. The summed E-state index contributed by atoms with van der Waals surface area (Å²) >= 11 is 0. The lowest BCUT2D eigenvalue weighted by molar-refractivity contribution is -0.164. The second-order valence-electron chi connectivity index (χ2n) is 3.13. The Morgan fingerprint density at radius 1 is 1.07 bits per heavy atom. The van der Waals surface area contributed by atoms with Gasteiger partial charge in [-0.25, -0.2) is 0 Å². The smallest absolute Gasteiger partial charge is 0.449 e. The summed E-state index contributed by atoms with van der Waals surface area (Å²) < 4.78 is 73.4. The van der Waals surface area contributed by atoms with Gasteiger partial charge >= 0.3 is 13.2 Å². The maximum absolute atomic E-state index is 12.3. The molecule has 0 aliphatic heterocycles. The van der Waals surface area contributed by atoms with Crippen molar-refractivity contribution in [2.24, 2.45) is 0 Å². The minimum absolute atomic E-state index is 0.523. The molecule has 8 heteroatoms. The molecule has 0 radical (unpaired) electrons. The molecule has 1 aromatic rings. The first-order valence-corrected chi connectivity index (χ1v) is 4.10. The number of halogens is 6. The molecule has 0 spiro atoms. The van der Waals surface area contributed by atoms with E-state index in [1.54, 1.807) is 0 Å². The number of rotatable bonds is 3. The van der Waals surface area contributed by atoms with E-state index in [9.17, 15) is 26.1 Å². The van der Waals surface area contributed by atoms with E-state index < -0.39 is 25.5 Å². The van der Waals surface area contributed by atoms with E-state index in [2.05, 4.69) is 0 Å². The van der Waals surface area contributed by atoms with Crippen molar-refractivity contribution >= 4 is 6.98 Å². The van der Waals surface area contributed by atoms with Crippen LogP contribution in [-0.4, -0.2) is 17.7 Å². The van der Waals surface area contributed by atoms with Crippen molar-refractivity contribution in [3.63, 3.8) is 0 Å². The van der Waals surface area contributed by atoms with Crippen LogP contribution in [0, 0.1) is 0 Å². The topological polar surface area (TPSA) is 4.93 Å². The maximum atomic E-state index is 12.3. The SMILES string of the molecule is F[B-](F)(F)CC(n1cccc1)C(F)(F)F. The third kappa shape index (κ3) is 3.52. The third-order valence-corrected chi connectivity index (χ3v) is 1.86. The molecule has 1 rings (SSSR count). The van der Waals surface area contributed by atoms with Gasteiger partial charge in [-0.1, -0.05) is 6.32 Å². The molecule has 0 bridgehead atoms. The molecule has 1 heterocycles.